The van der Waals surface area contributed by atoms with Gasteiger partial charge in [0.25, 0.3) is 0 Å². The topological polar surface area (TPSA) is 108 Å². The summed E-state index contributed by atoms with van der Waals surface area (Å²) in [6.07, 6.45) is 8.66. The van der Waals surface area contributed by atoms with Gasteiger partial charge >= 0.3 is 0 Å². The standard InChI is InChI=1S/C26H29N7OS/c1-14(2)26(34)29-18-9-17(11-27-12-18)15-3-4-21-20(10-15)23(33-32-21)25-30-22-19(16-6-8-35-13-16)5-7-28-24(22)31-25/h5-9,11-15,20-21,23,32-33H,3-4,10H2,1-2H3,(H,29,34)(H,28,30,31). The Kier molecular flexibility index (Phi) is 5.83. The number of H-pyrrole nitrogens is 1. The van der Waals surface area contributed by atoms with E-state index in [9.17, 15) is 4.79 Å². The molecule has 4 N–H and O–H groups in total. The van der Waals surface area contributed by atoms with E-state index in [1.54, 1.807) is 17.5 Å². The van der Waals surface area contributed by atoms with Crippen LogP contribution in [0.15, 0.2) is 47.5 Å². The highest BCUT2D eigenvalue weighted by Crippen LogP contribution is 2.44. The van der Waals surface area contributed by atoms with Gasteiger partial charge in [-0.2, -0.15) is 11.3 Å². The third-order valence-corrected chi connectivity index (χ3v) is 8.00. The molecule has 4 unspecified atom stereocenters. The highest BCUT2D eigenvalue weighted by atomic mass is 32.1. The molecule has 180 valence electrons. The lowest BCUT2D eigenvalue weighted by Gasteiger charge is -2.33. The fraction of sp³-hybridized carbons (Fsp3) is 0.385. The van der Waals surface area contributed by atoms with Gasteiger partial charge in [0.15, 0.2) is 5.65 Å². The van der Waals surface area contributed by atoms with Gasteiger partial charge in [0.1, 0.15) is 5.82 Å². The number of carbonyl (C=O) groups is 1. The molecule has 0 radical (unpaired) electrons. The van der Waals surface area contributed by atoms with Crippen molar-refractivity contribution < 1.29 is 4.79 Å². The van der Waals surface area contributed by atoms with Crippen LogP contribution in [0.2, 0.25) is 0 Å². The molecule has 4 aromatic heterocycles. The number of aromatic nitrogens is 4. The number of nitrogens with one attached hydrogen (secondary N) is 4. The second kappa shape index (κ2) is 9.14. The highest BCUT2D eigenvalue weighted by molar-refractivity contribution is 7.08. The Morgan fingerprint density at radius 2 is 2.11 bits per heavy atom. The summed E-state index contributed by atoms with van der Waals surface area (Å²) in [6, 6.07) is 6.73. The van der Waals surface area contributed by atoms with E-state index >= 15 is 0 Å². The van der Waals surface area contributed by atoms with Gasteiger partial charge in [-0.15, -0.1) is 0 Å². The van der Waals surface area contributed by atoms with Crippen LogP contribution in [0.25, 0.3) is 22.3 Å². The third kappa shape index (κ3) is 4.24. The summed E-state index contributed by atoms with van der Waals surface area (Å²) in [7, 11) is 0. The van der Waals surface area contributed by atoms with Crippen molar-refractivity contribution >= 4 is 34.1 Å². The molecule has 8 nitrogen and oxygen atoms in total. The number of pyridine rings is 2. The van der Waals surface area contributed by atoms with Crippen LogP contribution in [0.3, 0.4) is 0 Å². The molecular weight excluding hydrogens is 458 g/mol. The van der Waals surface area contributed by atoms with Crippen molar-refractivity contribution in [2.24, 2.45) is 11.8 Å². The van der Waals surface area contributed by atoms with Crippen LogP contribution in [-0.2, 0) is 4.79 Å². The molecule has 1 saturated carbocycles. The molecule has 9 heteroatoms. The van der Waals surface area contributed by atoms with Crippen LogP contribution in [0.5, 0.6) is 0 Å². The molecule has 0 bridgehead atoms. The zero-order chi connectivity index (χ0) is 23.9. The van der Waals surface area contributed by atoms with Crippen LogP contribution < -0.4 is 16.2 Å². The van der Waals surface area contributed by atoms with E-state index in [2.05, 4.69) is 54.0 Å². The van der Waals surface area contributed by atoms with E-state index in [4.69, 9.17) is 4.98 Å². The number of fused-ring (bicyclic) bond motifs is 2. The van der Waals surface area contributed by atoms with Crippen LogP contribution in [0, 0.1) is 11.8 Å². The fourth-order valence-corrected chi connectivity index (χ4v) is 6.06. The summed E-state index contributed by atoms with van der Waals surface area (Å²) >= 11 is 1.69. The van der Waals surface area contributed by atoms with Crippen LogP contribution in [0.4, 0.5) is 5.69 Å². The molecule has 2 aliphatic rings. The largest absolute Gasteiger partial charge is 0.339 e. The summed E-state index contributed by atoms with van der Waals surface area (Å²) < 4.78 is 0. The first-order valence-electron chi connectivity index (χ1n) is 12.2. The smallest absolute Gasteiger partial charge is 0.226 e. The molecule has 5 heterocycles. The van der Waals surface area contributed by atoms with Gasteiger partial charge in [-0.3, -0.25) is 15.2 Å². The molecule has 1 aliphatic carbocycles. The lowest BCUT2D eigenvalue weighted by molar-refractivity contribution is -0.118. The molecule has 0 aromatic carbocycles. The molecule has 2 fully saturated rings. The number of anilines is 1. The van der Waals surface area contributed by atoms with Gasteiger partial charge in [-0.05, 0) is 71.2 Å². The lowest BCUT2D eigenvalue weighted by atomic mass is 9.73. The van der Waals surface area contributed by atoms with Crippen molar-refractivity contribution in [3.8, 4) is 11.1 Å². The van der Waals surface area contributed by atoms with Crippen molar-refractivity contribution in [1.82, 2.24) is 30.8 Å². The Morgan fingerprint density at radius 1 is 1.20 bits per heavy atom. The first kappa shape index (κ1) is 22.3. The van der Waals surface area contributed by atoms with E-state index in [0.717, 1.165) is 47.5 Å². The Balaban J connectivity index is 1.25. The van der Waals surface area contributed by atoms with E-state index < -0.39 is 0 Å². The van der Waals surface area contributed by atoms with Gasteiger partial charge in [-0.25, -0.2) is 15.4 Å². The van der Waals surface area contributed by atoms with Crippen LogP contribution in [-0.4, -0.2) is 31.9 Å². The van der Waals surface area contributed by atoms with Crippen molar-refractivity contribution in [3.05, 3.63) is 58.9 Å². The minimum absolute atomic E-state index is 0.0113. The summed E-state index contributed by atoms with van der Waals surface area (Å²) in [5, 5.41) is 7.23. The van der Waals surface area contributed by atoms with E-state index in [0.29, 0.717) is 17.9 Å². The minimum atomic E-state index is -0.0657. The molecule has 1 amide bonds. The molecule has 4 aromatic rings. The zero-order valence-electron chi connectivity index (χ0n) is 19.8. The number of hydrazine groups is 1. The highest BCUT2D eigenvalue weighted by Gasteiger charge is 2.42. The van der Waals surface area contributed by atoms with Gasteiger partial charge in [-0.1, -0.05) is 13.8 Å². The van der Waals surface area contributed by atoms with Crippen molar-refractivity contribution in [1.29, 1.82) is 0 Å². The maximum Gasteiger partial charge on any atom is 0.226 e. The number of carbonyl (C=O) groups excluding carboxylic acids is 1. The average molecular weight is 488 g/mol. The Labute approximate surface area is 208 Å². The van der Waals surface area contributed by atoms with E-state index in [1.807, 2.05) is 32.3 Å². The molecule has 4 atom stereocenters. The van der Waals surface area contributed by atoms with E-state index in [1.165, 1.54) is 11.1 Å². The average Bonchev–Trinajstić information content (AvgIpc) is 3.62. The number of thiophene rings is 1. The maximum absolute atomic E-state index is 12.2. The number of hydrogen-bond acceptors (Lipinski definition) is 7. The predicted molar refractivity (Wildman–Crippen MR) is 138 cm³/mol. The van der Waals surface area contributed by atoms with Gasteiger partial charge in [0.05, 0.1) is 23.4 Å². The first-order valence-corrected chi connectivity index (χ1v) is 13.1. The zero-order valence-corrected chi connectivity index (χ0v) is 20.6. The fourth-order valence-electron chi connectivity index (χ4n) is 5.40. The summed E-state index contributed by atoms with van der Waals surface area (Å²) in [4.78, 5) is 29.6. The second-order valence-corrected chi connectivity index (χ2v) is 10.7. The van der Waals surface area contributed by atoms with Crippen LogP contribution >= 0.6 is 11.3 Å². The van der Waals surface area contributed by atoms with Crippen molar-refractivity contribution in [2.75, 3.05) is 5.32 Å². The Bertz CT molecular complexity index is 1350. The monoisotopic (exact) mass is 487 g/mol. The predicted octanol–water partition coefficient (Wildman–Crippen LogP) is 4.78. The molecule has 1 saturated heterocycles. The molecule has 6 rings (SSSR count). The number of amides is 1. The lowest BCUT2D eigenvalue weighted by Crippen LogP contribution is -2.34. The number of rotatable bonds is 5. The normalized spacial score (nSPS) is 24.1. The van der Waals surface area contributed by atoms with Crippen LogP contribution in [0.1, 0.15) is 56.5 Å². The molecule has 0 spiro atoms. The minimum Gasteiger partial charge on any atom is -0.339 e. The van der Waals surface area contributed by atoms with Gasteiger partial charge in [0, 0.05) is 29.9 Å². The second-order valence-electron chi connectivity index (χ2n) is 9.89. The number of nitrogens with zero attached hydrogens (tertiary/aromatic N) is 3. The summed E-state index contributed by atoms with van der Waals surface area (Å²) in [5.41, 5.74) is 13.0. The van der Waals surface area contributed by atoms with Crippen molar-refractivity contribution in [2.45, 2.75) is 51.1 Å². The quantitative estimate of drug-likeness (QED) is 0.323. The van der Waals surface area contributed by atoms with Gasteiger partial charge < -0.3 is 10.3 Å². The van der Waals surface area contributed by atoms with Gasteiger partial charge in [0.2, 0.25) is 5.91 Å². The van der Waals surface area contributed by atoms with Crippen molar-refractivity contribution in [3.63, 3.8) is 0 Å². The first-order chi connectivity index (χ1) is 17.1. The third-order valence-electron chi connectivity index (χ3n) is 7.31. The maximum atomic E-state index is 12.2. The summed E-state index contributed by atoms with van der Waals surface area (Å²) in [5.74, 6) is 1.63. The molecule has 35 heavy (non-hydrogen) atoms. The molecular formula is C26H29N7OS. The van der Waals surface area contributed by atoms with E-state index in [-0.39, 0.29) is 17.9 Å². The Hall–Kier alpha value is -3.14. The molecule has 1 aliphatic heterocycles. The Morgan fingerprint density at radius 3 is 2.94 bits per heavy atom. The number of hydrogen-bond donors (Lipinski definition) is 4. The SMILES string of the molecule is CC(C)C(=O)Nc1cncc(C2CCC3NNC(c4nc5nccc(-c6ccsc6)c5[nH]4)C3C2)c1. The summed E-state index contributed by atoms with van der Waals surface area (Å²) in [6.45, 7) is 3.79. The number of imidazole rings is 1. The number of aromatic amines is 1.